The van der Waals surface area contributed by atoms with Crippen molar-refractivity contribution in [2.45, 2.75) is 32.4 Å². The topological polar surface area (TPSA) is 84.2 Å². The average Bonchev–Trinajstić information content (AvgIpc) is 3.41. The summed E-state index contributed by atoms with van der Waals surface area (Å²) in [6, 6.07) is 11.4. The Labute approximate surface area is 151 Å². The van der Waals surface area contributed by atoms with Gasteiger partial charge in [-0.25, -0.2) is 4.79 Å². The number of rotatable bonds is 5. The van der Waals surface area contributed by atoms with Gasteiger partial charge >= 0.3 is 6.03 Å². The Bertz CT molecular complexity index is 905. The van der Waals surface area contributed by atoms with Crippen LogP contribution in [0.4, 0.5) is 10.5 Å². The zero-order valence-corrected chi connectivity index (χ0v) is 14.4. The molecule has 0 saturated heterocycles. The Balaban J connectivity index is 1.55. The summed E-state index contributed by atoms with van der Waals surface area (Å²) in [5.41, 5.74) is 2.37. The summed E-state index contributed by atoms with van der Waals surface area (Å²) in [6.07, 6.45) is 5.57. The van der Waals surface area contributed by atoms with Crippen LogP contribution in [0, 0.1) is 6.92 Å². The standard InChI is InChI=1S/C19H19N5O2/c1-13-22-23-18(26-13)16-6-2-3-7-17(16)21-19(25)24(15-8-9-15)12-14-5-4-10-20-11-14/h2-7,10-11,15H,8-9,12H2,1H3,(H,21,25). The highest BCUT2D eigenvalue weighted by molar-refractivity contribution is 5.93. The van der Waals surface area contributed by atoms with Crippen molar-refractivity contribution in [3.05, 3.63) is 60.2 Å². The number of aromatic nitrogens is 3. The van der Waals surface area contributed by atoms with Gasteiger partial charge in [0.2, 0.25) is 11.8 Å². The molecule has 1 aliphatic carbocycles. The summed E-state index contributed by atoms with van der Waals surface area (Å²) < 4.78 is 5.51. The van der Waals surface area contributed by atoms with Gasteiger partial charge in [0.25, 0.3) is 0 Å². The molecule has 26 heavy (non-hydrogen) atoms. The molecule has 0 unspecified atom stereocenters. The lowest BCUT2D eigenvalue weighted by Gasteiger charge is -2.23. The van der Waals surface area contributed by atoms with Crippen LogP contribution >= 0.6 is 0 Å². The van der Waals surface area contributed by atoms with Gasteiger partial charge in [0.05, 0.1) is 11.3 Å². The number of anilines is 1. The lowest BCUT2D eigenvalue weighted by atomic mass is 10.2. The molecule has 0 radical (unpaired) electrons. The number of para-hydroxylation sites is 1. The maximum Gasteiger partial charge on any atom is 0.322 e. The molecule has 3 aromatic rings. The Kier molecular flexibility index (Phi) is 4.35. The van der Waals surface area contributed by atoms with Crippen LogP contribution in [0.3, 0.4) is 0 Å². The van der Waals surface area contributed by atoms with E-state index in [4.69, 9.17) is 4.42 Å². The molecule has 2 heterocycles. The van der Waals surface area contributed by atoms with Crippen molar-refractivity contribution in [1.29, 1.82) is 0 Å². The third-order valence-corrected chi connectivity index (χ3v) is 4.25. The Morgan fingerprint density at radius 1 is 1.23 bits per heavy atom. The number of nitrogens with one attached hydrogen (secondary N) is 1. The van der Waals surface area contributed by atoms with Gasteiger partial charge in [0.15, 0.2) is 0 Å². The van der Waals surface area contributed by atoms with Gasteiger partial charge in [0, 0.05) is 31.9 Å². The van der Waals surface area contributed by atoms with Crippen molar-refractivity contribution in [2.24, 2.45) is 0 Å². The zero-order chi connectivity index (χ0) is 17.9. The Morgan fingerprint density at radius 3 is 2.77 bits per heavy atom. The van der Waals surface area contributed by atoms with E-state index in [0.29, 0.717) is 29.6 Å². The minimum atomic E-state index is -0.139. The quantitative estimate of drug-likeness (QED) is 0.760. The largest absolute Gasteiger partial charge is 0.421 e. The Morgan fingerprint density at radius 2 is 2.08 bits per heavy atom. The van der Waals surface area contributed by atoms with Crippen molar-refractivity contribution in [1.82, 2.24) is 20.1 Å². The van der Waals surface area contributed by atoms with Gasteiger partial charge < -0.3 is 14.6 Å². The van der Waals surface area contributed by atoms with Gasteiger partial charge in [0.1, 0.15) is 0 Å². The third-order valence-electron chi connectivity index (χ3n) is 4.25. The second kappa shape index (κ2) is 6.95. The van der Waals surface area contributed by atoms with Crippen LogP contribution in [0.2, 0.25) is 0 Å². The molecule has 0 spiro atoms. The number of aryl methyl sites for hydroxylation is 1. The van der Waals surface area contributed by atoms with Crippen molar-refractivity contribution in [3.63, 3.8) is 0 Å². The summed E-state index contributed by atoms with van der Waals surface area (Å²) in [5, 5.41) is 10.9. The minimum Gasteiger partial charge on any atom is -0.421 e. The van der Waals surface area contributed by atoms with Crippen LogP contribution in [0.15, 0.2) is 53.2 Å². The normalized spacial score (nSPS) is 13.4. The average molecular weight is 349 g/mol. The fourth-order valence-electron chi connectivity index (χ4n) is 2.81. The molecule has 0 bridgehead atoms. The predicted octanol–water partition coefficient (Wildman–Crippen LogP) is 3.64. The molecule has 0 atom stereocenters. The number of pyridine rings is 1. The molecule has 4 rings (SSSR count). The molecule has 7 heteroatoms. The highest BCUT2D eigenvalue weighted by Crippen LogP contribution is 2.31. The first-order valence-corrected chi connectivity index (χ1v) is 8.57. The van der Waals surface area contributed by atoms with Crippen LogP contribution in [0.1, 0.15) is 24.3 Å². The van der Waals surface area contributed by atoms with E-state index >= 15 is 0 Å². The number of benzene rings is 1. The zero-order valence-electron chi connectivity index (χ0n) is 14.4. The van der Waals surface area contributed by atoms with Crippen molar-refractivity contribution in [3.8, 4) is 11.5 Å². The van der Waals surface area contributed by atoms with Gasteiger partial charge in [-0.1, -0.05) is 18.2 Å². The van der Waals surface area contributed by atoms with Gasteiger partial charge in [-0.05, 0) is 36.6 Å². The highest BCUT2D eigenvalue weighted by Gasteiger charge is 2.33. The maximum absolute atomic E-state index is 12.9. The maximum atomic E-state index is 12.9. The van der Waals surface area contributed by atoms with E-state index < -0.39 is 0 Å². The first kappa shape index (κ1) is 16.3. The van der Waals surface area contributed by atoms with E-state index in [2.05, 4.69) is 20.5 Å². The van der Waals surface area contributed by atoms with E-state index in [1.165, 1.54) is 0 Å². The van der Waals surface area contributed by atoms with Crippen molar-refractivity contribution < 1.29 is 9.21 Å². The molecule has 1 N–H and O–H groups in total. The third kappa shape index (κ3) is 3.56. The second-order valence-electron chi connectivity index (χ2n) is 6.32. The molecule has 132 valence electrons. The predicted molar refractivity (Wildman–Crippen MR) is 96.3 cm³/mol. The minimum absolute atomic E-state index is 0.139. The fourth-order valence-corrected chi connectivity index (χ4v) is 2.81. The number of hydrogen-bond acceptors (Lipinski definition) is 5. The molecule has 0 aliphatic heterocycles. The van der Waals surface area contributed by atoms with Gasteiger partial charge in [-0.15, -0.1) is 10.2 Å². The molecule has 7 nitrogen and oxygen atoms in total. The summed E-state index contributed by atoms with van der Waals surface area (Å²) in [5.74, 6) is 0.876. The lowest BCUT2D eigenvalue weighted by molar-refractivity contribution is 0.206. The number of carbonyl (C=O) groups is 1. The number of hydrogen-bond donors (Lipinski definition) is 1. The molecule has 2 amide bonds. The van der Waals surface area contributed by atoms with Crippen LogP contribution in [0.5, 0.6) is 0 Å². The van der Waals surface area contributed by atoms with Crippen molar-refractivity contribution in [2.75, 3.05) is 5.32 Å². The number of urea groups is 1. The fraction of sp³-hybridized carbons (Fsp3) is 0.263. The second-order valence-corrected chi connectivity index (χ2v) is 6.32. The van der Waals surface area contributed by atoms with Crippen LogP contribution in [-0.4, -0.2) is 32.2 Å². The van der Waals surface area contributed by atoms with Crippen LogP contribution in [0.25, 0.3) is 11.5 Å². The van der Waals surface area contributed by atoms with Gasteiger partial charge in [-0.3, -0.25) is 4.98 Å². The summed E-state index contributed by atoms with van der Waals surface area (Å²) in [7, 11) is 0. The van der Waals surface area contributed by atoms with Crippen LogP contribution < -0.4 is 5.32 Å². The van der Waals surface area contributed by atoms with E-state index in [1.54, 1.807) is 19.3 Å². The molecular formula is C19H19N5O2. The summed E-state index contributed by atoms with van der Waals surface area (Å²) in [6.45, 7) is 2.27. The molecule has 2 aromatic heterocycles. The van der Waals surface area contributed by atoms with E-state index in [1.807, 2.05) is 41.3 Å². The highest BCUT2D eigenvalue weighted by atomic mass is 16.4. The van der Waals surface area contributed by atoms with Gasteiger partial charge in [-0.2, -0.15) is 0 Å². The molecule has 1 aromatic carbocycles. The SMILES string of the molecule is Cc1nnc(-c2ccccc2NC(=O)N(Cc2cccnc2)C2CC2)o1. The number of amides is 2. The number of carbonyl (C=O) groups excluding carboxylic acids is 1. The molecular weight excluding hydrogens is 330 g/mol. The molecule has 1 fully saturated rings. The van der Waals surface area contributed by atoms with E-state index in [9.17, 15) is 4.79 Å². The first-order valence-electron chi connectivity index (χ1n) is 8.57. The molecule has 1 aliphatic rings. The number of nitrogens with zero attached hydrogens (tertiary/aromatic N) is 4. The van der Waals surface area contributed by atoms with Crippen LogP contribution in [-0.2, 0) is 6.54 Å². The molecule has 1 saturated carbocycles. The van der Waals surface area contributed by atoms with E-state index in [-0.39, 0.29) is 12.1 Å². The first-order chi connectivity index (χ1) is 12.7. The van der Waals surface area contributed by atoms with E-state index in [0.717, 1.165) is 18.4 Å². The summed E-state index contributed by atoms with van der Waals surface area (Å²) >= 11 is 0. The smallest absolute Gasteiger partial charge is 0.322 e. The van der Waals surface area contributed by atoms with Crippen molar-refractivity contribution >= 4 is 11.7 Å². The monoisotopic (exact) mass is 349 g/mol. The lowest BCUT2D eigenvalue weighted by Crippen LogP contribution is -2.36. The summed E-state index contributed by atoms with van der Waals surface area (Å²) in [4.78, 5) is 18.9. The Hall–Kier alpha value is -3.22.